The summed E-state index contributed by atoms with van der Waals surface area (Å²) in [5.41, 5.74) is 1.26. The van der Waals surface area contributed by atoms with Crippen LogP contribution in [0, 0.1) is 5.92 Å². The molecule has 4 rings (SSSR count). The van der Waals surface area contributed by atoms with E-state index < -0.39 is 0 Å². The van der Waals surface area contributed by atoms with Gasteiger partial charge in [-0.3, -0.25) is 9.69 Å². The quantitative estimate of drug-likeness (QED) is 0.749. The number of nitrogens with zero attached hydrogens (tertiary/aromatic N) is 3. The topological polar surface area (TPSA) is 55.9 Å². The summed E-state index contributed by atoms with van der Waals surface area (Å²) in [6.45, 7) is 4.91. The number of carbonyl (C=O) groups excluding carboxylic acids is 2. The van der Waals surface area contributed by atoms with Crippen LogP contribution in [0.3, 0.4) is 0 Å². The normalized spacial score (nSPS) is 29.1. The zero-order chi connectivity index (χ0) is 21.4. The first-order valence-corrected chi connectivity index (χ1v) is 11.5. The zero-order valence-electron chi connectivity index (χ0n) is 18.7. The maximum Gasteiger partial charge on any atom is 0.321 e. The van der Waals surface area contributed by atoms with Crippen LogP contribution in [-0.4, -0.2) is 72.5 Å². The van der Waals surface area contributed by atoms with Crippen molar-refractivity contribution < 1.29 is 9.59 Å². The summed E-state index contributed by atoms with van der Waals surface area (Å²) in [5, 5.41) is 2.67. The first-order chi connectivity index (χ1) is 14.4. The molecule has 3 fully saturated rings. The summed E-state index contributed by atoms with van der Waals surface area (Å²) in [4.78, 5) is 31.7. The van der Waals surface area contributed by atoms with Crippen LogP contribution in [0.4, 0.5) is 4.79 Å². The Morgan fingerprint density at radius 2 is 1.83 bits per heavy atom. The van der Waals surface area contributed by atoms with Crippen molar-refractivity contribution in [2.75, 3.05) is 40.3 Å². The lowest BCUT2D eigenvalue weighted by Crippen LogP contribution is -2.56. The SMILES string of the molecule is CCN(C)[C@]1(c2ccccc2)CC[C@]2(CC1)CN(CC(=O)NC)C(=O)N2CC1CC1. The third kappa shape index (κ3) is 3.70. The van der Waals surface area contributed by atoms with E-state index in [1.165, 1.54) is 18.4 Å². The zero-order valence-corrected chi connectivity index (χ0v) is 18.7. The summed E-state index contributed by atoms with van der Waals surface area (Å²) in [5.74, 6) is 0.553. The average Bonchev–Trinajstić information content (AvgIpc) is 3.57. The van der Waals surface area contributed by atoms with Crippen LogP contribution >= 0.6 is 0 Å². The molecule has 2 saturated carbocycles. The van der Waals surface area contributed by atoms with E-state index in [1.54, 1.807) is 11.9 Å². The van der Waals surface area contributed by atoms with Gasteiger partial charge in [0.05, 0.1) is 5.54 Å². The minimum absolute atomic E-state index is 0.0176. The van der Waals surface area contributed by atoms with Crippen LogP contribution < -0.4 is 5.32 Å². The summed E-state index contributed by atoms with van der Waals surface area (Å²) >= 11 is 0. The second-order valence-electron chi connectivity index (χ2n) is 9.50. The lowest BCUT2D eigenvalue weighted by atomic mass is 9.68. The third-order valence-corrected chi connectivity index (χ3v) is 7.83. The molecule has 1 heterocycles. The lowest BCUT2D eigenvalue weighted by molar-refractivity contribution is -0.121. The molecular formula is C24H36N4O2. The first kappa shape index (κ1) is 21.2. The number of likely N-dealkylation sites (N-methyl/N-ethyl adjacent to an activating group) is 1. The Bertz CT molecular complexity index is 769. The lowest BCUT2D eigenvalue weighted by Gasteiger charge is -2.51. The molecule has 0 atom stereocenters. The number of amides is 3. The second kappa shape index (κ2) is 8.22. The van der Waals surface area contributed by atoms with Gasteiger partial charge in [0.2, 0.25) is 5.91 Å². The molecule has 1 spiro atoms. The molecule has 1 saturated heterocycles. The van der Waals surface area contributed by atoms with Crippen molar-refractivity contribution in [2.24, 2.45) is 5.92 Å². The predicted octanol–water partition coefficient (Wildman–Crippen LogP) is 3.04. The largest absolute Gasteiger partial charge is 0.358 e. The van der Waals surface area contributed by atoms with E-state index in [0.717, 1.165) is 38.8 Å². The number of rotatable bonds is 7. The molecule has 1 N–H and O–H groups in total. The van der Waals surface area contributed by atoms with Crippen molar-refractivity contribution in [1.82, 2.24) is 20.0 Å². The first-order valence-electron chi connectivity index (χ1n) is 11.5. The van der Waals surface area contributed by atoms with E-state index in [9.17, 15) is 9.59 Å². The molecular weight excluding hydrogens is 376 g/mol. The number of nitrogens with one attached hydrogen (secondary N) is 1. The Kier molecular flexibility index (Phi) is 5.80. The van der Waals surface area contributed by atoms with Gasteiger partial charge in [-0.1, -0.05) is 37.3 Å². The maximum atomic E-state index is 13.3. The molecule has 0 radical (unpaired) electrons. The van der Waals surface area contributed by atoms with Crippen LogP contribution in [0.5, 0.6) is 0 Å². The fourth-order valence-corrected chi connectivity index (χ4v) is 5.59. The van der Waals surface area contributed by atoms with Crippen LogP contribution in [0.1, 0.15) is 51.0 Å². The highest BCUT2D eigenvalue weighted by atomic mass is 16.2. The molecule has 6 heteroatoms. The highest BCUT2D eigenvalue weighted by Gasteiger charge is 2.55. The van der Waals surface area contributed by atoms with Crippen molar-refractivity contribution in [1.29, 1.82) is 0 Å². The number of hydrogen-bond acceptors (Lipinski definition) is 3. The van der Waals surface area contributed by atoms with Crippen molar-refractivity contribution in [3.8, 4) is 0 Å². The van der Waals surface area contributed by atoms with Crippen LogP contribution in [-0.2, 0) is 10.3 Å². The van der Waals surface area contributed by atoms with E-state index in [4.69, 9.17) is 0 Å². The second-order valence-corrected chi connectivity index (χ2v) is 9.50. The molecule has 1 aromatic rings. The molecule has 0 unspecified atom stereocenters. The van der Waals surface area contributed by atoms with Crippen molar-refractivity contribution >= 4 is 11.9 Å². The van der Waals surface area contributed by atoms with Gasteiger partial charge >= 0.3 is 6.03 Å². The van der Waals surface area contributed by atoms with Crippen LogP contribution in [0.25, 0.3) is 0 Å². The number of benzene rings is 1. The minimum atomic E-state index is -0.138. The number of carbonyl (C=O) groups is 2. The van der Waals surface area contributed by atoms with Gasteiger partial charge in [-0.25, -0.2) is 4.79 Å². The monoisotopic (exact) mass is 412 g/mol. The number of urea groups is 1. The molecule has 0 aromatic heterocycles. The predicted molar refractivity (Wildman–Crippen MR) is 118 cm³/mol. The fourth-order valence-electron chi connectivity index (χ4n) is 5.59. The maximum absolute atomic E-state index is 13.3. The van der Waals surface area contributed by atoms with Crippen LogP contribution in [0.15, 0.2) is 30.3 Å². The van der Waals surface area contributed by atoms with E-state index in [1.807, 2.05) is 0 Å². The van der Waals surface area contributed by atoms with E-state index in [-0.39, 0.29) is 29.6 Å². The molecule has 164 valence electrons. The molecule has 0 bridgehead atoms. The number of hydrogen-bond donors (Lipinski definition) is 1. The Morgan fingerprint density at radius 1 is 1.17 bits per heavy atom. The van der Waals surface area contributed by atoms with E-state index in [2.05, 4.69) is 59.4 Å². The van der Waals surface area contributed by atoms with Crippen molar-refractivity contribution in [3.05, 3.63) is 35.9 Å². The smallest absolute Gasteiger partial charge is 0.321 e. The molecule has 1 aliphatic heterocycles. The Hall–Kier alpha value is -2.08. The van der Waals surface area contributed by atoms with Gasteiger partial charge in [0.15, 0.2) is 0 Å². The minimum Gasteiger partial charge on any atom is -0.358 e. The average molecular weight is 413 g/mol. The van der Waals surface area contributed by atoms with E-state index in [0.29, 0.717) is 12.5 Å². The summed E-state index contributed by atoms with van der Waals surface area (Å²) < 4.78 is 0. The summed E-state index contributed by atoms with van der Waals surface area (Å²) in [6.07, 6.45) is 6.47. The molecule has 2 aliphatic carbocycles. The molecule has 3 amide bonds. The molecule has 1 aromatic carbocycles. The van der Waals surface area contributed by atoms with Gasteiger partial charge in [0, 0.05) is 25.7 Å². The standard InChI is InChI=1S/C24H36N4O2/c1-4-26(3)24(20-8-6-5-7-9-20)14-12-23(13-15-24)18-27(17-21(29)25-2)22(30)28(23)16-19-10-11-19/h5-9,19H,4,10-18H2,1-3H3,(H,25,29)/t23-,24+. The summed E-state index contributed by atoms with van der Waals surface area (Å²) in [7, 11) is 3.86. The molecule has 30 heavy (non-hydrogen) atoms. The highest BCUT2D eigenvalue weighted by Crippen LogP contribution is 2.50. The van der Waals surface area contributed by atoms with Gasteiger partial charge in [-0.2, -0.15) is 0 Å². The fraction of sp³-hybridized carbons (Fsp3) is 0.667. The molecule has 3 aliphatic rings. The van der Waals surface area contributed by atoms with Gasteiger partial charge in [-0.15, -0.1) is 0 Å². The Labute approximate surface area is 180 Å². The summed E-state index contributed by atoms with van der Waals surface area (Å²) in [6, 6.07) is 10.9. The van der Waals surface area contributed by atoms with Crippen LogP contribution in [0.2, 0.25) is 0 Å². The van der Waals surface area contributed by atoms with E-state index >= 15 is 0 Å². The van der Waals surface area contributed by atoms with Crippen molar-refractivity contribution in [3.63, 3.8) is 0 Å². The molecule has 6 nitrogen and oxygen atoms in total. The van der Waals surface area contributed by atoms with Crippen molar-refractivity contribution in [2.45, 2.75) is 56.5 Å². The third-order valence-electron chi connectivity index (χ3n) is 7.83. The van der Waals surface area contributed by atoms with Gasteiger partial charge in [0.25, 0.3) is 0 Å². The highest BCUT2D eigenvalue weighted by molar-refractivity contribution is 5.85. The Morgan fingerprint density at radius 3 is 2.40 bits per heavy atom. The van der Waals surface area contributed by atoms with Gasteiger partial charge in [-0.05, 0) is 63.6 Å². The van der Waals surface area contributed by atoms with Gasteiger partial charge in [0.1, 0.15) is 6.54 Å². The van der Waals surface area contributed by atoms with Gasteiger partial charge < -0.3 is 15.1 Å². The Balaban J connectivity index is 1.59.